The number of hydrogen-bond donors (Lipinski definition) is 1. The summed E-state index contributed by atoms with van der Waals surface area (Å²) in [7, 11) is 1.55. The Kier molecular flexibility index (Phi) is 4.74. The van der Waals surface area contributed by atoms with Gasteiger partial charge in [0.05, 0.1) is 18.2 Å². The van der Waals surface area contributed by atoms with Crippen molar-refractivity contribution >= 4 is 39.1 Å². The van der Waals surface area contributed by atoms with Crippen molar-refractivity contribution in [1.82, 2.24) is 0 Å². The van der Waals surface area contributed by atoms with Crippen LogP contribution in [0.25, 0.3) is 0 Å². The molecule has 1 atom stereocenters. The van der Waals surface area contributed by atoms with Gasteiger partial charge in [0.15, 0.2) is 0 Å². The van der Waals surface area contributed by atoms with E-state index in [1.54, 1.807) is 19.2 Å². The van der Waals surface area contributed by atoms with Crippen molar-refractivity contribution < 1.29 is 4.74 Å². The van der Waals surface area contributed by atoms with Gasteiger partial charge in [-0.05, 0) is 23.3 Å². The lowest BCUT2D eigenvalue weighted by molar-refractivity contribution is 0.415. The van der Waals surface area contributed by atoms with Crippen LogP contribution < -0.4 is 10.5 Å². The fourth-order valence-electron chi connectivity index (χ4n) is 1.83. The van der Waals surface area contributed by atoms with Crippen molar-refractivity contribution in [3.8, 4) is 5.75 Å². The molecule has 0 fully saturated rings. The lowest BCUT2D eigenvalue weighted by atomic mass is 9.99. The van der Waals surface area contributed by atoms with Crippen molar-refractivity contribution in [2.45, 2.75) is 6.04 Å². The van der Waals surface area contributed by atoms with Gasteiger partial charge in [0.1, 0.15) is 5.75 Å². The zero-order valence-electron chi connectivity index (χ0n) is 10.2. The maximum absolute atomic E-state index is 6.26. The first kappa shape index (κ1) is 14.7. The summed E-state index contributed by atoms with van der Waals surface area (Å²) in [6.07, 6.45) is 0. The molecular formula is C14H12BrCl2NO. The highest BCUT2D eigenvalue weighted by Gasteiger charge is 2.17. The van der Waals surface area contributed by atoms with E-state index in [1.807, 2.05) is 24.3 Å². The molecule has 0 spiro atoms. The largest absolute Gasteiger partial charge is 0.495 e. The van der Waals surface area contributed by atoms with Crippen LogP contribution in [-0.2, 0) is 0 Å². The lowest BCUT2D eigenvalue weighted by Crippen LogP contribution is -2.13. The summed E-state index contributed by atoms with van der Waals surface area (Å²) < 4.78 is 6.06. The highest BCUT2D eigenvalue weighted by Crippen LogP contribution is 2.36. The maximum Gasteiger partial charge on any atom is 0.138 e. The van der Waals surface area contributed by atoms with Crippen LogP contribution in [-0.4, -0.2) is 7.11 Å². The molecule has 0 aromatic heterocycles. The SMILES string of the molecule is COc1cc(Cl)c(C(N)c2ccccc2Br)cc1Cl. The van der Waals surface area contributed by atoms with Gasteiger partial charge in [0, 0.05) is 15.6 Å². The second-order valence-corrected chi connectivity index (χ2v) is 5.68. The molecule has 2 nitrogen and oxygen atoms in total. The van der Waals surface area contributed by atoms with Crippen LogP contribution in [0.5, 0.6) is 5.75 Å². The molecule has 0 saturated carbocycles. The third-order valence-corrected chi connectivity index (χ3v) is 4.19. The Balaban J connectivity index is 2.48. The Morgan fingerprint density at radius 2 is 1.79 bits per heavy atom. The quantitative estimate of drug-likeness (QED) is 0.852. The Bertz CT molecular complexity index is 604. The molecule has 2 aromatic rings. The lowest BCUT2D eigenvalue weighted by Gasteiger charge is -2.17. The molecule has 1 unspecified atom stereocenters. The molecule has 0 bridgehead atoms. The average molecular weight is 361 g/mol. The van der Waals surface area contributed by atoms with E-state index in [0.29, 0.717) is 15.8 Å². The second kappa shape index (κ2) is 6.14. The van der Waals surface area contributed by atoms with Crippen LogP contribution in [0.4, 0.5) is 0 Å². The molecule has 0 saturated heterocycles. The zero-order chi connectivity index (χ0) is 14.0. The molecule has 0 aliphatic rings. The van der Waals surface area contributed by atoms with Gasteiger partial charge in [-0.1, -0.05) is 57.3 Å². The van der Waals surface area contributed by atoms with Crippen LogP contribution in [0.1, 0.15) is 17.2 Å². The molecule has 2 N–H and O–H groups in total. The van der Waals surface area contributed by atoms with E-state index in [2.05, 4.69) is 15.9 Å². The highest BCUT2D eigenvalue weighted by atomic mass is 79.9. The van der Waals surface area contributed by atoms with E-state index in [9.17, 15) is 0 Å². The first-order chi connectivity index (χ1) is 9.04. The summed E-state index contributed by atoms with van der Waals surface area (Å²) in [6.45, 7) is 0. The van der Waals surface area contributed by atoms with E-state index >= 15 is 0 Å². The molecule has 0 aliphatic heterocycles. The number of halogens is 3. The third-order valence-electron chi connectivity index (χ3n) is 2.85. The number of hydrogen-bond acceptors (Lipinski definition) is 2. The maximum atomic E-state index is 6.26. The monoisotopic (exact) mass is 359 g/mol. The molecule has 100 valence electrons. The van der Waals surface area contributed by atoms with Crippen molar-refractivity contribution in [2.75, 3.05) is 7.11 Å². The topological polar surface area (TPSA) is 35.2 Å². The van der Waals surface area contributed by atoms with Crippen molar-refractivity contribution in [2.24, 2.45) is 5.73 Å². The number of rotatable bonds is 3. The Labute approximate surface area is 130 Å². The Morgan fingerprint density at radius 1 is 1.11 bits per heavy atom. The smallest absolute Gasteiger partial charge is 0.138 e. The molecular weight excluding hydrogens is 349 g/mol. The van der Waals surface area contributed by atoms with Crippen molar-refractivity contribution in [1.29, 1.82) is 0 Å². The van der Waals surface area contributed by atoms with E-state index < -0.39 is 0 Å². The van der Waals surface area contributed by atoms with Crippen molar-refractivity contribution in [3.63, 3.8) is 0 Å². The molecule has 19 heavy (non-hydrogen) atoms. The number of methoxy groups -OCH3 is 1. The van der Waals surface area contributed by atoms with E-state index in [1.165, 1.54) is 0 Å². The van der Waals surface area contributed by atoms with Crippen molar-refractivity contribution in [3.05, 3.63) is 62.0 Å². The summed E-state index contributed by atoms with van der Waals surface area (Å²) in [5, 5.41) is 1.02. The summed E-state index contributed by atoms with van der Waals surface area (Å²) in [5.74, 6) is 0.537. The van der Waals surface area contributed by atoms with Gasteiger partial charge in [-0.3, -0.25) is 0 Å². The fraction of sp³-hybridized carbons (Fsp3) is 0.143. The van der Waals surface area contributed by atoms with E-state index in [0.717, 1.165) is 15.6 Å². The summed E-state index contributed by atoms with van der Waals surface area (Å²) in [5.41, 5.74) is 7.98. The minimum Gasteiger partial charge on any atom is -0.495 e. The Hall–Kier alpha value is -0.740. The van der Waals surface area contributed by atoms with Gasteiger partial charge in [-0.15, -0.1) is 0 Å². The van der Waals surface area contributed by atoms with Crippen LogP contribution >= 0.6 is 39.1 Å². The third kappa shape index (κ3) is 3.06. The predicted octanol–water partition coefficient (Wildman–Crippen LogP) is 4.81. The first-order valence-corrected chi connectivity index (χ1v) is 7.12. The normalized spacial score (nSPS) is 12.3. The molecule has 0 heterocycles. The van der Waals surface area contributed by atoms with E-state index in [4.69, 9.17) is 33.7 Å². The molecule has 0 amide bonds. The van der Waals surface area contributed by atoms with Gasteiger partial charge in [0.25, 0.3) is 0 Å². The zero-order valence-corrected chi connectivity index (χ0v) is 13.3. The fourth-order valence-corrected chi connectivity index (χ4v) is 2.89. The predicted molar refractivity (Wildman–Crippen MR) is 83.2 cm³/mol. The van der Waals surface area contributed by atoms with Gasteiger partial charge in [0.2, 0.25) is 0 Å². The van der Waals surface area contributed by atoms with E-state index in [-0.39, 0.29) is 6.04 Å². The molecule has 0 radical (unpaired) electrons. The number of nitrogens with two attached hydrogens (primary N) is 1. The molecule has 0 aliphatic carbocycles. The molecule has 2 aromatic carbocycles. The van der Waals surface area contributed by atoms with Gasteiger partial charge in [-0.2, -0.15) is 0 Å². The standard InChI is InChI=1S/C14H12BrCl2NO/c1-19-13-7-11(16)9(6-12(13)17)14(18)8-4-2-3-5-10(8)15/h2-7,14H,18H2,1H3. The van der Waals surface area contributed by atoms with Crippen LogP contribution in [0.3, 0.4) is 0 Å². The minimum atomic E-state index is -0.355. The molecule has 5 heteroatoms. The summed E-state index contributed by atoms with van der Waals surface area (Å²) in [4.78, 5) is 0. The van der Waals surface area contributed by atoms with Gasteiger partial charge >= 0.3 is 0 Å². The number of ether oxygens (including phenoxy) is 1. The van der Waals surface area contributed by atoms with Crippen LogP contribution in [0.2, 0.25) is 10.0 Å². The molecule has 2 rings (SSSR count). The van der Waals surface area contributed by atoms with Crippen LogP contribution in [0.15, 0.2) is 40.9 Å². The van der Waals surface area contributed by atoms with Crippen LogP contribution in [0, 0.1) is 0 Å². The summed E-state index contributed by atoms with van der Waals surface area (Å²) >= 11 is 15.8. The van der Waals surface area contributed by atoms with Gasteiger partial charge in [-0.25, -0.2) is 0 Å². The number of benzene rings is 2. The second-order valence-electron chi connectivity index (χ2n) is 4.01. The average Bonchev–Trinajstić information content (AvgIpc) is 2.40. The van der Waals surface area contributed by atoms with Gasteiger partial charge < -0.3 is 10.5 Å². The Morgan fingerprint density at radius 3 is 2.42 bits per heavy atom. The summed E-state index contributed by atoms with van der Waals surface area (Å²) in [6, 6.07) is 10.8. The minimum absolute atomic E-state index is 0.355. The highest BCUT2D eigenvalue weighted by molar-refractivity contribution is 9.10. The first-order valence-electron chi connectivity index (χ1n) is 5.57.